The Morgan fingerprint density at radius 3 is 2.65 bits per heavy atom. The van der Waals surface area contributed by atoms with E-state index in [1.54, 1.807) is 23.2 Å². The molecule has 0 aliphatic carbocycles. The van der Waals surface area contributed by atoms with Crippen LogP contribution >= 0.6 is 0 Å². The Kier molecular flexibility index (Phi) is 5.35. The number of anilines is 1. The van der Waals surface area contributed by atoms with Gasteiger partial charge in [-0.05, 0) is 43.5 Å². The van der Waals surface area contributed by atoms with Crippen molar-refractivity contribution in [3.63, 3.8) is 0 Å². The number of benzene rings is 1. The Balaban J connectivity index is 1.84. The minimum atomic E-state index is -0.375. The molecule has 0 unspecified atom stereocenters. The summed E-state index contributed by atoms with van der Waals surface area (Å²) in [6.07, 6.45) is 2.82. The van der Waals surface area contributed by atoms with Crippen LogP contribution in [-0.4, -0.2) is 23.3 Å². The minimum Gasteiger partial charge on any atom is -0.356 e. The number of carbonyl (C=O) groups is 2. The number of aromatic nitrogens is 1. The molecule has 1 aliphatic heterocycles. The van der Waals surface area contributed by atoms with Gasteiger partial charge in [-0.1, -0.05) is 31.5 Å². The van der Waals surface area contributed by atoms with Gasteiger partial charge in [-0.3, -0.25) is 19.5 Å². The average Bonchev–Trinajstić information content (AvgIpc) is 2.88. The number of hydrogen-bond acceptors (Lipinski definition) is 3. The first kappa shape index (κ1) is 18.1. The van der Waals surface area contributed by atoms with E-state index >= 15 is 0 Å². The number of pyridine rings is 1. The van der Waals surface area contributed by atoms with E-state index in [0.29, 0.717) is 23.7 Å². The molecule has 2 aromatic rings. The molecule has 5 nitrogen and oxygen atoms in total. The SMILES string of the molecule is Cc1ccc(N2C(=O)c3cccnc3[C@H]2CC(=O)NCCC(C)C)cc1. The van der Waals surface area contributed by atoms with E-state index in [4.69, 9.17) is 0 Å². The summed E-state index contributed by atoms with van der Waals surface area (Å²) in [7, 11) is 0. The molecular weight excluding hydrogens is 326 g/mol. The maximum absolute atomic E-state index is 12.9. The van der Waals surface area contributed by atoms with Gasteiger partial charge in [0.15, 0.2) is 0 Å². The summed E-state index contributed by atoms with van der Waals surface area (Å²) in [5, 5.41) is 2.96. The lowest BCUT2D eigenvalue weighted by molar-refractivity contribution is -0.121. The first-order chi connectivity index (χ1) is 12.5. The fourth-order valence-corrected chi connectivity index (χ4v) is 3.20. The Labute approximate surface area is 154 Å². The summed E-state index contributed by atoms with van der Waals surface area (Å²) in [6, 6.07) is 10.9. The molecule has 0 saturated carbocycles. The summed E-state index contributed by atoms with van der Waals surface area (Å²) in [5.74, 6) is 0.380. The maximum Gasteiger partial charge on any atom is 0.260 e. The molecule has 1 aromatic heterocycles. The van der Waals surface area contributed by atoms with E-state index < -0.39 is 0 Å². The number of aryl methyl sites for hydroxylation is 1. The Morgan fingerprint density at radius 2 is 1.96 bits per heavy atom. The highest BCUT2D eigenvalue weighted by Gasteiger charge is 2.39. The number of nitrogens with one attached hydrogen (secondary N) is 1. The van der Waals surface area contributed by atoms with Gasteiger partial charge >= 0.3 is 0 Å². The van der Waals surface area contributed by atoms with E-state index in [2.05, 4.69) is 24.1 Å². The number of nitrogens with zero attached hydrogens (tertiary/aromatic N) is 2. The molecule has 1 N–H and O–H groups in total. The van der Waals surface area contributed by atoms with Gasteiger partial charge in [0.1, 0.15) is 0 Å². The van der Waals surface area contributed by atoms with Gasteiger partial charge in [0.05, 0.1) is 23.7 Å². The number of hydrogen-bond donors (Lipinski definition) is 1. The lowest BCUT2D eigenvalue weighted by atomic mass is 10.1. The van der Waals surface area contributed by atoms with Gasteiger partial charge in [-0.25, -0.2) is 0 Å². The van der Waals surface area contributed by atoms with Crippen LogP contribution in [0.2, 0.25) is 0 Å². The molecular formula is C21H25N3O2. The Bertz CT molecular complexity index is 799. The molecule has 26 heavy (non-hydrogen) atoms. The standard InChI is InChI=1S/C21H25N3O2/c1-14(2)10-12-22-19(25)13-18-20-17(5-4-11-23-20)21(26)24(18)16-8-6-15(3)7-9-16/h4-9,11,14,18H,10,12-13H2,1-3H3,(H,22,25)/t18-/m1/s1. The lowest BCUT2D eigenvalue weighted by Crippen LogP contribution is -2.33. The Morgan fingerprint density at radius 1 is 1.23 bits per heavy atom. The van der Waals surface area contributed by atoms with Crippen molar-refractivity contribution in [2.45, 2.75) is 39.7 Å². The van der Waals surface area contributed by atoms with Crippen molar-refractivity contribution in [2.24, 2.45) is 5.92 Å². The topological polar surface area (TPSA) is 62.3 Å². The van der Waals surface area contributed by atoms with Crippen LogP contribution in [0.1, 0.15) is 54.3 Å². The van der Waals surface area contributed by atoms with Crippen LogP contribution < -0.4 is 10.2 Å². The number of amides is 2. The van der Waals surface area contributed by atoms with Crippen LogP contribution in [0.5, 0.6) is 0 Å². The van der Waals surface area contributed by atoms with Crippen LogP contribution in [0.25, 0.3) is 0 Å². The number of carbonyl (C=O) groups excluding carboxylic acids is 2. The second-order valence-corrected chi connectivity index (χ2v) is 7.20. The third kappa shape index (κ3) is 3.77. The second-order valence-electron chi connectivity index (χ2n) is 7.20. The predicted octanol–water partition coefficient (Wildman–Crippen LogP) is 3.64. The van der Waals surface area contributed by atoms with Gasteiger partial charge in [0.25, 0.3) is 5.91 Å². The van der Waals surface area contributed by atoms with Crippen molar-refractivity contribution in [3.8, 4) is 0 Å². The molecule has 2 heterocycles. The molecule has 3 rings (SSSR count). The first-order valence-corrected chi connectivity index (χ1v) is 9.09. The molecule has 2 amide bonds. The van der Waals surface area contributed by atoms with Crippen molar-refractivity contribution < 1.29 is 9.59 Å². The second kappa shape index (κ2) is 7.68. The molecule has 0 radical (unpaired) electrons. The van der Waals surface area contributed by atoms with E-state index in [1.165, 1.54) is 0 Å². The zero-order chi connectivity index (χ0) is 18.7. The van der Waals surface area contributed by atoms with E-state index in [1.807, 2.05) is 31.2 Å². The molecule has 1 aliphatic rings. The van der Waals surface area contributed by atoms with Crippen molar-refractivity contribution >= 4 is 17.5 Å². The molecule has 136 valence electrons. The summed E-state index contributed by atoms with van der Waals surface area (Å²) >= 11 is 0. The molecule has 0 saturated heterocycles. The van der Waals surface area contributed by atoms with Crippen LogP contribution in [0.3, 0.4) is 0 Å². The average molecular weight is 351 g/mol. The van der Waals surface area contributed by atoms with Gasteiger partial charge in [-0.2, -0.15) is 0 Å². The minimum absolute atomic E-state index is 0.0564. The smallest absolute Gasteiger partial charge is 0.260 e. The summed E-state index contributed by atoms with van der Waals surface area (Å²) in [6.45, 7) is 6.91. The number of fused-ring (bicyclic) bond motifs is 1. The van der Waals surface area contributed by atoms with Gasteiger partial charge in [0.2, 0.25) is 5.91 Å². The molecule has 1 aromatic carbocycles. The monoisotopic (exact) mass is 351 g/mol. The normalized spacial score (nSPS) is 16.1. The predicted molar refractivity (Wildman–Crippen MR) is 102 cm³/mol. The van der Waals surface area contributed by atoms with Crippen molar-refractivity contribution in [2.75, 3.05) is 11.4 Å². The molecule has 1 atom stereocenters. The quantitative estimate of drug-likeness (QED) is 0.864. The van der Waals surface area contributed by atoms with E-state index in [0.717, 1.165) is 17.7 Å². The summed E-state index contributed by atoms with van der Waals surface area (Å²) in [5.41, 5.74) is 3.17. The number of rotatable bonds is 6. The van der Waals surface area contributed by atoms with Crippen molar-refractivity contribution in [1.82, 2.24) is 10.3 Å². The highest BCUT2D eigenvalue weighted by molar-refractivity contribution is 6.11. The van der Waals surface area contributed by atoms with E-state index in [-0.39, 0.29) is 24.3 Å². The van der Waals surface area contributed by atoms with Crippen LogP contribution in [0.4, 0.5) is 5.69 Å². The fraction of sp³-hybridized carbons (Fsp3) is 0.381. The largest absolute Gasteiger partial charge is 0.356 e. The van der Waals surface area contributed by atoms with Gasteiger partial charge < -0.3 is 5.32 Å². The fourth-order valence-electron chi connectivity index (χ4n) is 3.20. The highest BCUT2D eigenvalue weighted by Crippen LogP contribution is 2.38. The third-order valence-corrected chi connectivity index (χ3v) is 4.65. The van der Waals surface area contributed by atoms with Gasteiger partial charge in [0, 0.05) is 18.4 Å². The first-order valence-electron chi connectivity index (χ1n) is 9.09. The summed E-state index contributed by atoms with van der Waals surface area (Å²) < 4.78 is 0. The van der Waals surface area contributed by atoms with Crippen LogP contribution in [0, 0.1) is 12.8 Å². The van der Waals surface area contributed by atoms with Crippen LogP contribution in [-0.2, 0) is 4.79 Å². The van der Waals surface area contributed by atoms with E-state index in [9.17, 15) is 9.59 Å². The molecule has 0 bridgehead atoms. The zero-order valence-corrected chi connectivity index (χ0v) is 15.5. The lowest BCUT2D eigenvalue weighted by Gasteiger charge is -2.25. The molecule has 5 heteroatoms. The maximum atomic E-state index is 12.9. The van der Waals surface area contributed by atoms with Gasteiger partial charge in [-0.15, -0.1) is 0 Å². The zero-order valence-electron chi connectivity index (χ0n) is 15.5. The van der Waals surface area contributed by atoms with Crippen molar-refractivity contribution in [3.05, 3.63) is 59.4 Å². The third-order valence-electron chi connectivity index (χ3n) is 4.65. The Hall–Kier alpha value is -2.69. The summed E-state index contributed by atoms with van der Waals surface area (Å²) in [4.78, 5) is 31.5. The van der Waals surface area contributed by atoms with Crippen LogP contribution in [0.15, 0.2) is 42.6 Å². The highest BCUT2D eigenvalue weighted by atomic mass is 16.2. The molecule has 0 spiro atoms. The molecule has 0 fully saturated rings. The van der Waals surface area contributed by atoms with Crippen molar-refractivity contribution in [1.29, 1.82) is 0 Å².